The Bertz CT molecular complexity index is 343. The summed E-state index contributed by atoms with van der Waals surface area (Å²) in [5, 5.41) is 14.4. The van der Waals surface area contributed by atoms with E-state index < -0.39 is 0 Å². The molecule has 0 aromatic carbocycles. The zero-order chi connectivity index (χ0) is 12.5. The van der Waals surface area contributed by atoms with Crippen LogP contribution < -0.4 is 10.6 Å². The van der Waals surface area contributed by atoms with Crippen LogP contribution in [0.1, 0.15) is 26.1 Å². The first-order valence-electron chi connectivity index (χ1n) is 6.13. The summed E-state index contributed by atoms with van der Waals surface area (Å²) in [4.78, 5) is 4.14. The average molecular weight is 238 g/mol. The van der Waals surface area contributed by atoms with Crippen molar-refractivity contribution in [1.29, 1.82) is 0 Å². The molecule has 6 heteroatoms. The van der Waals surface area contributed by atoms with Crippen molar-refractivity contribution in [2.45, 2.75) is 33.2 Å². The van der Waals surface area contributed by atoms with Crippen molar-refractivity contribution in [1.82, 2.24) is 25.4 Å². The lowest BCUT2D eigenvalue weighted by Crippen LogP contribution is -2.39. The fourth-order valence-corrected chi connectivity index (χ4v) is 1.50. The first kappa shape index (κ1) is 13.5. The summed E-state index contributed by atoms with van der Waals surface area (Å²) < 4.78 is 2.06. The molecule has 1 heterocycles. The fourth-order valence-electron chi connectivity index (χ4n) is 1.50. The van der Waals surface area contributed by atoms with E-state index in [1.54, 1.807) is 13.4 Å². The molecule has 0 saturated heterocycles. The Kier molecular flexibility index (Phi) is 6.06. The zero-order valence-electron chi connectivity index (χ0n) is 10.9. The largest absolute Gasteiger partial charge is 0.356 e. The van der Waals surface area contributed by atoms with Gasteiger partial charge in [-0.15, -0.1) is 10.2 Å². The van der Waals surface area contributed by atoms with Crippen molar-refractivity contribution in [3.8, 4) is 0 Å². The minimum absolute atomic E-state index is 0.814. The topological polar surface area (TPSA) is 67.1 Å². The number of nitrogens with one attached hydrogen (secondary N) is 2. The summed E-state index contributed by atoms with van der Waals surface area (Å²) in [5.74, 6) is 1.86. The SMILES string of the molecule is CCCNC(=NC)NCCn1cnnc1CC. The van der Waals surface area contributed by atoms with Gasteiger partial charge in [-0.1, -0.05) is 13.8 Å². The maximum Gasteiger partial charge on any atom is 0.191 e. The molecular weight excluding hydrogens is 216 g/mol. The normalized spacial score (nSPS) is 11.6. The Morgan fingerprint density at radius 1 is 1.35 bits per heavy atom. The molecule has 0 unspecified atom stereocenters. The molecule has 17 heavy (non-hydrogen) atoms. The number of aromatic nitrogens is 3. The lowest BCUT2D eigenvalue weighted by atomic mass is 10.4. The zero-order valence-corrected chi connectivity index (χ0v) is 10.9. The van der Waals surface area contributed by atoms with Crippen LogP contribution >= 0.6 is 0 Å². The van der Waals surface area contributed by atoms with Crippen molar-refractivity contribution >= 4 is 5.96 Å². The molecule has 0 atom stereocenters. The molecule has 0 spiro atoms. The predicted molar refractivity (Wildman–Crippen MR) is 69.1 cm³/mol. The van der Waals surface area contributed by atoms with E-state index in [-0.39, 0.29) is 0 Å². The van der Waals surface area contributed by atoms with Crippen LogP contribution in [0.25, 0.3) is 0 Å². The van der Waals surface area contributed by atoms with Crippen molar-refractivity contribution in [3.05, 3.63) is 12.2 Å². The summed E-state index contributed by atoms with van der Waals surface area (Å²) in [6.07, 6.45) is 3.76. The Balaban J connectivity index is 2.31. The summed E-state index contributed by atoms with van der Waals surface area (Å²) in [7, 11) is 1.78. The number of aliphatic imine (C=N–C) groups is 1. The van der Waals surface area contributed by atoms with E-state index in [1.165, 1.54) is 0 Å². The van der Waals surface area contributed by atoms with E-state index in [0.29, 0.717) is 0 Å². The van der Waals surface area contributed by atoms with Crippen molar-refractivity contribution in [2.24, 2.45) is 4.99 Å². The van der Waals surface area contributed by atoms with Crippen molar-refractivity contribution in [3.63, 3.8) is 0 Å². The number of rotatable bonds is 6. The maximum absolute atomic E-state index is 4.14. The second-order valence-corrected chi connectivity index (χ2v) is 3.72. The molecule has 0 aliphatic heterocycles. The third-order valence-corrected chi connectivity index (χ3v) is 2.42. The Labute approximate surface area is 103 Å². The molecule has 0 fully saturated rings. The van der Waals surface area contributed by atoms with Gasteiger partial charge in [-0.25, -0.2) is 0 Å². The second kappa shape index (κ2) is 7.65. The Morgan fingerprint density at radius 2 is 2.12 bits per heavy atom. The minimum Gasteiger partial charge on any atom is -0.356 e. The molecule has 0 aliphatic carbocycles. The summed E-state index contributed by atoms with van der Waals surface area (Å²) >= 11 is 0. The van der Waals surface area contributed by atoms with E-state index in [0.717, 1.165) is 44.3 Å². The highest BCUT2D eigenvalue weighted by Crippen LogP contribution is 1.94. The Morgan fingerprint density at radius 3 is 2.76 bits per heavy atom. The molecule has 96 valence electrons. The quantitative estimate of drug-likeness (QED) is 0.556. The molecule has 0 amide bonds. The van der Waals surface area contributed by atoms with E-state index in [1.807, 2.05) is 0 Å². The van der Waals surface area contributed by atoms with Crippen molar-refractivity contribution < 1.29 is 0 Å². The summed E-state index contributed by atoms with van der Waals surface area (Å²) in [6, 6.07) is 0. The number of guanidine groups is 1. The van der Waals surface area contributed by atoms with Gasteiger partial charge < -0.3 is 15.2 Å². The second-order valence-electron chi connectivity index (χ2n) is 3.72. The van der Waals surface area contributed by atoms with Gasteiger partial charge in [0, 0.05) is 33.1 Å². The molecule has 2 N–H and O–H groups in total. The van der Waals surface area contributed by atoms with Gasteiger partial charge in [0.1, 0.15) is 12.2 Å². The van der Waals surface area contributed by atoms with Crippen LogP contribution in [-0.4, -0.2) is 40.9 Å². The van der Waals surface area contributed by atoms with Crippen LogP contribution in [-0.2, 0) is 13.0 Å². The smallest absolute Gasteiger partial charge is 0.191 e. The van der Waals surface area contributed by atoms with Gasteiger partial charge in [-0.3, -0.25) is 4.99 Å². The van der Waals surface area contributed by atoms with Crippen molar-refractivity contribution in [2.75, 3.05) is 20.1 Å². The van der Waals surface area contributed by atoms with Crippen LogP contribution in [0.15, 0.2) is 11.3 Å². The highest BCUT2D eigenvalue weighted by molar-refractivity contribution is 5.79. The van der Waals surface area contributed by atoms with Gasteiger partial charge in [0.2, 0.25) is 0 Å². The first-order valence-corrected chi connectivity index (χ1v) is 6.13. The van der Waals surface area contributed by atoms with E-state index in [4.69, 9.17) is 0 Å². The van der Waals surface area contributed by atoms with Gasteiger partial charge in [0.25, 0.3) is 0 Å². The number of hydrogen-bond acceptors (Lipinski definition) is 3. The van der Waals surface area contributed by atoms with Gasteiger partial charge in [0.15, 0.2) is 5.96 Å². The molecular formula is C11H22N6. The number of nitrogens with zero attached hydrogens (tertiary/aromatic N) is 4. The van der Waals surface area contributed by atoms with E-state index >= 15 is 0 Å². The van der Waals surface area contributed by atoms with Crippen LogP contribution in [0.4, 0.5) is 0 Å². The van der Waals surface area contributed by atoms with Gasteiger partial charge in [-0.2, -0.15) is 0 Å². The third kappa shape index (κ3) is 4.42. The molecule has 1 aromatic heterocycles. The summed E-state index contributed by atoms with van der Waals surface area (Å²) in [6.45, 7) is 6.81. The highest BCUT2D eigenvalue weighted by atomic mass is 15.3. The van der Waals surface area contributed by atoms with E-state index in [2.05, 4.69) is 44.2 Å². The minimum atomic E-state index is 0.814. The third-order valence-electron chi connectivity index (χ3n) is 2.42. The van der Waals surface area contributed by atoms with Crippen LogP contribution in [0.2, 0.25) is 0 Å². The molecule has 0 aliphatic rings. The number of aryl methyl sites for hydroxylation is 1. The van der Waals surface area contributed by atoms with Gasteiger partial charge in [-0.05, 0) is 6.42 Å². The fraction of sp³-hybridized carbons (Fsp3) is 0.727. The van der Waals surface area contributed by atoms with Crippen LogP contribution in [0.3, 0.4) is 0 Å². The molecule has 1 aromatic rings. The van der Waals surface area contributed by atoms with Gasteiger partial charge in [0.05, 0.1) is 0 Å². The number of hydrogen-bond donors (Lipinski definition) is 2. The van der Waals surface area contributed by atoms with Gasteiger partial charge >= 0.3 is 0 Å². The standard InChI is InChI=1S/C11H22N6/c1-4-6-13-11(12-3)14-7-8-17-9-15-16-10(17)5-2/h9H,4-8H2,1-3H3,(H2,12,13,14). The molecule has 0 bridgehead atoms. The highest BCUT2D eigenvalue weighted by Gasteiger charge is 2.01. The van der Waals surface area contributed by atoms with Crippen LogP contribution in [0, 0.1) is 0 Å². The Hall–Kier alpha value is -1.59. The summed E-state index contributed by atoms with van der Waals surface area (Å²) in [5.41, 5.74) is 0. The molecule has 0 saturated carbocycles. The lowest BCUT2D eigenvalue weighted by Gasteiger charge is -2.11. The average Bonchev–Trinajstić information content (AvgIpc) is 2.81. The maximum atomic E-state index is 4.14. The first-order chi connectivity index (χ1) is 8.31. The lowest BCUT2D eigenvalue weighted by molar-refractivity contribution is 0.632. The predicted octanol–water partition coefficient (Wildman–Crippen LogP) is 0.416. The van der Waals surface area contributed by atoms with Crippen LogP contribution in [0.5, 0.6) is 0 Å². The molecule has 0 radical (unpaired) electrons. The monoisotopic (exact) mass is 238 g/mol. The van der Waals surface area contributed by atoms with E-state index in [9.17, 15) is 0 Å². The molecule has 6 nitrogen and oxygen atoms in total. The molecule has 1 rings (SSSR count).